The minimum absolute atomic E-state index is 0.128. The van der Waals surface area contributed by atoms with Crippen LogP contribution < -0.4 is 49.7 Å². The van der Waals surface area contributed by atoms with E-state index in [1.807, 2.05) is 0 Å². The first kappa shape index (κ1) is 43.2. The number of nitrogens with zero attached hydrogens (tertiary/aromatic N) is 3. The zero-order valence-electron chi connectivity index (χ0n) is 33.5. The second-order valence-corrected chi connectivity index (χ2v) is 15.7. The Labute approximate surface area is 337 Å². The number of ether oxygens (including phenoxy) is 5. The third-order valence-corrected chi connectivity index (χ3v) is 10.1. The SMILES string of the molecule is COC(=O)[C@H]1O[C@@H](n2cc(C)c(=O)[nH]c2=O)C[C@@H]1NC(=O)[C@H]1O[C@@H](n2cc(C)c(=O)[nH]c2=O)C[C@@H]1NC(=O)[C@H]1O[C@@H](n2cc(C)c(=O)[nH]c2=O)C[C@@H]1NC(=O)OC(C)(C)C. The maximum atomic E-state index is 14.2. The van der Waals surface area contributed by atoms with Crippen molar-refractivity contribution in [3.05, 3.63) is 97.8 Å². The van der Waals surface area contributed by atoms with Gasteiger partial charge in [-0.2, -0.15) is 0 Å². The Morgan fingerprint density at radius 2 is 0.933 bits per heavy atom. The van der Waals surface area contributed by atoms with Crippen molar-refractivity contribution in [2.24, 2.45) is 0 Å². The molecule has 0 saturated carbocycles. The smallest absolute Gasteiger partial charge is 0.407 e. The summed E-state index contributed by atoms with van der Waals surface area (Å²) in [5.74, 6) is -2.71. The van der Waals surface area contributed by atoms with E-state index in [4.69, 9.17) is 23.7 Å². The van der Waals surface area contributed by atoms with Crippen molar-refractivity contribution in [3.63, 3.8) is 0 Å². The summed E-state index contributed by atoms with van der Waals surface area (Å²) in [6, 6.07) is -3.55. The van der Waals surface area contributed by atoms with Crippen LogP contribution in [-0.2, 0) is 38.1 Å². The third-order valence-electron chi connectivity index (χ3n) is 10.1. The van der Waals surface area contributed by atoms with Gasteiger partial charge in [0.05, 0.1) is 25.2 Å². The highest BCUT2D eigenvalue weighted by molar-refractivity contribution is 5.87. The number of methoxy groups -OCH3 is 1. The van der Waals surface area contributed by atoms with Gasteiger partial charge in [-0.25, -0.2) is 24.0 Å². The Kier molecular flexibility index (Phi) is 12.0. The van der Waals surface area contributed by atoms with Crippen molar-refractivity contribution in [1.29, 1.82) is 0 Å². The van der Waals surface area contributed by atoms with Gasteiger partial charge in [0, 0.05) is 54.5 Å². The molecule has 3 aliphatic heterocycles. The van der Waals surface area contributed by atoms with Crippen LogP contribution in [0.25, 0.3) is 0 Å². The molecule has 24 heteroatoms. The zero-order valence-corrected chi connectivity index (χ0v) is 33.5. The lowest BCUT2D eigenvalue weighted by Crippen LogP contribution is -2.56. The van der Waals surface area contributed by atoms with Gasteiger partial charge in [-0.3, -0.25) is 52.6 Å². The Morgan fingerprint density at radius 3 is 1.28 bits per heavy atom. The van der Waals surface area contributed by atoms with Gasteiger partial charge in [-0.05, 0) is 41.5 Å². The van der Waals surface area contributed by atoms with E-state index in [-0.39, 0.29) is 36.0 Å². The number of hydrogen-bond donors (Lipinski definition) is 6. The standard InChI is InChI=1S/C36H45N9O15/c1-14-11-43(32(52)40-26(14)46)20-8-17(23(57-20)29(49)38-19-10-22(59-25(19)31(51)56-7)45-13-16(3)28(48)42-34(45)54)37-30(50)24-18(39-35(55)60-36(4,5)6)9-21(58-24)44-12-15(2)27(47)41-33(44)53/h11-13,17-25H,8-10H2,1-7H3,(H,37,50)(H,38,49)(H,39,55)(H,40,46,52)(H,41,47,53)(H,42,48,54)/t17-,18-,19-,20+,21+,22+,23-,24-,25-/m0/s1. The predicted molar refractivity (Wildman–Crippen MR) is 203 cm³/mol. The predicted octanol–water partition coefficient (Wildman–Crippen LogP) is -2.54. The molecule has 3 saturated heterocycles. The van der Waals surface area contributed by atoms with Crippen LogP contribution in [0.5, 0.6) is 0 Å². The maximum Gasteiger partial charge on any atom is 0.407 e. The van der Waals surface area contributed by atoms with E-state index < -0.39 is 118 Å². The van der Waals surface area contributed by atoms with E-state index in [1.165, 1.54) is 39.4 Å². The van der Waals surface area contributed by atoms with Crippen LogP contribution in [-0.4, -0.2) is 102 Å². The molecule has 9 atom stereocenters. The number of carbonyl (C=O) groups excluding carboxylic acids is 4. The summed E-state index contributed by atoms with van der Waals surface area (Å²) in [6.07, 6.45) is -5.98. The van der Waals surface area contributed by atoms with E-state index in [2.05, 4.69) is 30.9 Å². The van der Waals surface area contributed by atoms with E-state index >= 15 is 0 Å². The number of esters is 1. The summed E-state index contributed by atoms with van der Waals surface area (Å²) in [7, 11) is 1.09. The molecule has 0 aliphatic carbocycles. The number of nitrogens with one attached hydrogen (secondary N) is 6. The molecule has 0 radical (unpaired) electrons. The average molecular weight is 844 g/mol. The van der Waals surface area contributed by atoms with Gasteiger partial charge in [0.2, 0.25) is 0 Å². The average Bonchev–Trinajstić information content (AvgIpc) is 3.89. The van der Waals surface area contributed by atoms with E-state index in [1.54, 1.807) is 20.8 Å². The van der Waals surface area contributed by atoms with Crippen LogP contribution in [0, 0.1) is 20.8 Å². The van der Waals surface area contributed by atoms with Gasteiger partial charge >= 0.3 is 29.1 Å². The summed E-state index contributed by atoms with van der Waals surface area (Å²) in [4.78, 5) is 135. The van der Waals surface area contributed by atoms with E-state index in [0.29, 0.717) is 0 Å². The van der Waals surface area contributed by atoms with Gasteiger partial charge in [-0.15, -0.1) is 0 Å². The number of amides is 3. The first-order chi connectivity index (χ1) is 28.1. The second kappa shape index (κ2) is 16.7. The van der Waals surface area contributed by atoms with Gasteiger partial charge < -0.3 is 39.6 Å². The van der Waals surface area contributed by atoms with Crippen molar-refractivity contribution >= 4 is 23.9 Å². The first-order valence-corrected chi connectivity index (χ1v) is 18.7. The molecular weight excluding hydrogens is 798 g/mol. The summed E-state index contributed by atoms with van der Waals surface area (Å²) < 4.78 is 31.4. The van der Waals surface area contributed by atoms with Crippen molar-refractivity contribution in [2.75, 3.05) is 7.11 Å². The van der Waals surface area contributed by atoms with Gasteiger partial charge in [0.1, 0.15) is 24.3 Å². The number of carbonyl (C=O) groups is 4. The molecule has 24 nitrogen and oxygen atoms in total. The number of alkyl carbamates (subject to hydrolysis) is 1. The molecule has 6 heterocycles. The normalized spacial score (nSPS) is 26.4. The van der Waals surface area contributed by atoms with Gasteiger partial charge in [-0.1, -0.05) is 0 Å². The molecule has 0 unspecified atom stereocenters. The molecule has 3 aromatic heterocycles. The summed E-state index contributed by atoms with van der Waals surface area (Å²) in [6.45, 7) is 9.22. The Balaban J connectivity index is 1.30. The summed E-state index contributed by atoms with van der Waals surface area (Å²) in [5, 5.41) is 7.97. The molecule has 3 fully saturated rings. The fraction of sp³-hybridized carbons (Fsp3) is 0.556. The number of aromatic nitrogens is 6. The van der Waals surface area contributed by atoms with Gasteiger partial charge in [0.15, 0.2) is 18.3 Å². The van der Waals surface area contributed by atoms with Crippen LogP contribution in [0.1, 0.15) is 75.4 Å². The quantitative estimate of drug-likeness (QED) is 0.121. The lowest BCUT2D eigenvalue weighted by molar-refractivity contribution is -0.156. The molecular formula is C36H45N9O15. The molecule has 60 heavy (non-hydrogen) atoms. The Hall–Kier alpha value is -6.40. The zero-order chi connectivity index (χ0) is 44.0. The molecule has 3 aliphatic rings. The monoisotopic (exact) mass is 843 g/mol. The van der Waals surface area contributed by atoms with E-state index in [9.17, 15) is 47.9 Å². The van der Waals surface area contributed by atoms with Crippen molar-refractivity contribution < 1.29 is 42.9 Å². The Bertz CT molecular complexity index is 2560. The number of rotatable bonds is 9. The molecule has 0 bridgehead atoms. The van der Waals surface area contributed by atoms with E-state index in [0.717, 1.165) is 20.8 Å². The minimum Gasteiger partial charge on any atom is -0.467 e. The summed E-state index contributed by atoms with van der Waals surface area (Å²) >= 11 is 0. The molecule has 0 spiro atoms. The van der Waals surface area contributed by atoms with Crippen LogP contribution in [0.2, 0.25) is 0 Å². The lowest BCUT2D eigenvalue weighted by atomic mass is 10.0. The molecule has 3 amide bonds. The highest BCUT2D eigenvalue weighted by Crippen LogP contribution is 2.33. The van der Waals surface area contributed by atoms with Crippen LogP contribution in [0.15, 0.2) is 47.4 Å². The topological polar surface area (TPSA) is 315 Å². The highest BCUT2D eigenvalue weighted by Gasteiger charge is 2.49. The maximum absolute atomic E-state index is 14.2. The summed E-state index contributed by atoms with van der Waals surface area (Å²) in [5.41, 5.74) is -4.98. The fourth-order valence-corrected chi connectivity index (χ4v) is 7.14. The molecule has 3 aromatic rings. The second-order valence-electron chi connectivity index (χ2n) is 15.7. The third kappa shape index (κ3) is 9.08. The number of aryl methyl sites for hydroxylation is 3. The fourth-order valence-electron chi connectivity index (χ4n) is 7.14. The molecule has 6 N–H and O–H groups in total. The van der Waals surface area contributed by atoms with Crippen molar-refractivity contribution in [2.45, 2.75) is 122 Å². The van der Waals surface area contributed by atoms with Crippen molar-refractivity contribution in [3.8, 4) is 0 Å². The minimum atomic E-state index is -1.60. The van der Waals surface area contributed by atoms with Crippen LogP contribution in [0.4, 0.5) is 4.79 Å². The lowest BCUT2D eigenvalue weighted by Gasteiger charge is -2.26. The number of aromatic amines is 3. The van der Waals surface area contributed by atoms with Gasteiger partial charge in [0.25, 0.3) is 28.5 Å². The number of hydrogen-bond acceptors (Lipinski definition) is 15. The van der Waals surface area contributed by atoms with Crippen molar-refractivity contribution in [1.82, 2.24) is 44.6 Å². The molecule has 324 valence electrons. The largest absolute Gasteiger partial charge is 0.467 e. The van der Waals surface area contributed by atoms with Crippen LogP contribution in [0.3, 0.4) is 0 Å². The van der Waals surface area contributed by atoms with Crippen LogP contribution >= 0.6 is 0 Å². The highest BCUT2D eigenvalue weighted by atomic mass is 16.6. The number of H-pyrrole nitrogens is 3. The molecule has 0 aromatic carbocycles. The Morgan fingerprint density at radius 1 is 0.600 bits per heavy atom. The molecule has 6 rings (SSSR count). The first-order valence-electron chi connectivity index (χ1n) is 18.7.